The summed E-state index contributed by atoms with van der Waals surface area (Å²) in [7, 11) is 0. The van der Waals surface area contributed by atoms with Crippen molar-refractivity contribution in [3.05, 3.63) is 58.6 Å². The number of carbonyl (C=O) groups excluding carboxylic acids is 2. The van der Waals surface area contributed by atoms with Crippen molar-refractivity contribution in [3.63, 3.8) is 0 Å². The smallest absolute Gasteiger partial charge is 0.258 e. The first-order valence-electron chi connectivity index (χ1n) is 8.94. The second-order valence-corrected chi connectivity index (χ2v) is 7.24. The Balaban J connectivity index is 1.39. The maximum atomic E-state index is 12.3. The van der Waals surface area contributed by atoms with Gasteiger partial charge in [0.25, 0.3) is 5.91 Å². The van der Waals surface area contributed by atoms with E-state index in [0.29, 0.717) is 28.9 Å². The zero-order chi connectivity index (χ0) is 19.9. The topological polar surface area (TPSA) is 61.9 Å². The number of carbonyl (C=O) groups is 2. The zero-order valence-corrected chi connectivity index (χ0v) is 16.7. The van der Waals surface area contributed by atoms with E-state index in [2.05, 4.69) is 10.2 Å². The minimum absolute atomic E-state index is 0.0467. The lowest BCUT2D eigenvalue weighted by atomic mass is 10.2. The van der Waals surface area contributed by atoms with E-state index in [-0.39, 0.29) is 25.0 Å². The molecule has 6 nitrogen and oxygen atoms in total. The molecule has 3 rings (SSSR count). The first kappa shape index (κ1) is 20.3. The van der Waals surface area contributed by atoms with Crippen LogP contribution in [0.25, 0.3) is 0 Å². The van der Waals surface area contributed by atoms with Crippen molar-refractivity contribution in [1.82, 2.24) is 10.2 Å². The van der Waals surface area contributed by atoms with Crippen LogP contribution in [-0.2, 0) is 9.59 Å². The van der Waals surface area contributed by atoms with Crippen molar-refractivity contribution < 1.29 is 14.3 Å². The monoisotopic (exact) mass is 421 g/mol. The average molecular weight is 422 g/mol. The highest BCUT2D eigenvalue weighted by Crippen LogP contribution is 2.20. The molecular weight excluding hydrogens is 401 g/mol. The van der Waals surface area contributed by atoms with Crippen molar-refractivity contribution in [2.45, 2.75) is 0 Å². The molecule has 1 fully saturated rings. The molecule has 1 aliphatic heterocycles. The number of hydrogen-bond donors (Lipinski definition) is 1. The minimum atomic E-state index is -0.356. The van der Waals surface area contributed by atoms with Gasteiger partial charge in [0.1, 0.15) is 5.75 Å². The zero-order valence-electron chi connectivity index (χ0n) is 15.2. The van der Waals surface area contributed by atoms with Gasteiger partial charge < -0.3 is 19.9 Å². The van der Waals surface area contributed by atoms with Crippen LogP contribution in [0.4, 0.5) is 5.69 Å². The van der Waals surface area contributed by atoms with Crippen LogP contribution < -0.4 is 15.0 Å². The van der Waals surface area contributed by atoms with Crippen LogP contribution in [0, 0.1) is 0 Å². The van der Waals surface area contributed by atoms with Gasteiger partial charge in [0, 0.05) is 41.9 Å². The van der Waals surface area contributed by atoms with Gasteiger partial charge in [-0.25, -0.2) is 0 Å². The molecule has 0 aromatic heterocycles. The normalized spacial score (nSPS) is 13.9. The van der Waals surface area contributed by atoms with Gasteiger partial charge in [-0.05, 0) is 36.4 Å². The predicted octanol–water partition coefficient (Wildman–Crippen LogP) is 2.84. The third-order valence-corrected chi connectivity index (χ3v) is 4.88. The molecule has 1 aliphatic rings. The highest BCUT2D eigenvalue weighted by atomic mass is 35.5. The van der Waals surface area contributed by atoms with Gasteiger partial charge in [-0.3, -0.25) is 9.59 Å². The van der Waals surface area contributed by atoms with Gasteiger partial charge in [-0.2, -0.15) is 0 Å². The number of hydrogen-bond acceptors (Lipinski definition) is 4. The molecule has 2 aromatic carbocycles. The Bertz CT molecular complexity index is 839. The average Bonchev–Trinajstić information content (AvgIpc) is 2.70. The molecule has 1 N–H and O–H groups in total. The van der Waals surface area contributed by atoms with Gasteiger partial charge in [-0.1, -0.05) is 35.3 Å². The third kappa shape index (κ3) is 5.78. The highest BCUT2D eigenvalue weighted by molar-refractivity contribution is 6.31. The Hall–Kier alpha value is -2.44. The molecule has 0 radical (unpaired) electrons. The van der Waals surface area contributed by atoms with E-state index in [9.17, 15) is 9.59 Å². The molecular formula is C20H21Cl2N3O3. The molecule has 0 saturated carbocycles. The number of amides is 2. The van der Waals surface area contributed by atoms with Crippen LogP contribution in [-0.4, -0.2) is 56.0 Å². The predicted molar refractivity (Wildman–Crippen MR) is 110 cm³/mol. The number of benzene rings is 2. The number of ether oxygens (including phenoxy) is 1. The summed E-state index contributed by atoms with van der Waals surface area (Å²) in [6.07, 6.45) is 0. The number of halogens is 2. The quantitative estimate of drug-likeness (QED) is 0.778. The van der Waals surface area contributed by atoms with E-state index in [0.717, 1.165) is 18.8 Å². The Kier molecular flexibility index (Phi) is 7.01. The molecule has 1 heterocycles. The van der Waals surface area contributed by atoms with E-state index in [1.54, 1.807) is 29.2 Å². The Morgan fingerprint density at radius 1 is 0.964 bits per heavy atom. The van der Waals surface area contributed by atoms with Gasteiger partial charge in [0.2, 0.25) is 5.91 Å². The van der Waals surface area contributed by atoms with Crippen molar-refractivity contribution in [2.75, 3.05) is 44.2 Å². The Morgan fingerprint density at radius 2 is 1.64 bits per heavy atom. The number of piperazine rings is 1. The summed E-state index contributed by atoms with van der Waals surface area (Å²) in [5.41, 5.74) is 1.05. The molecule has 0 atom stereocenters. The molecule has 1 saturated heterocycles. The Morgan fingerprint density at radius 3 is 2.32 bits per heavy atom. The summed E-state index contributed by atoms with van der Waals surface area (Å²) in [5.74, 6) is 0.0406. The summed E-state index contributed by atoms with van der Waals surface area (Å²) in [6.45, 7) is 2.42. The lowest BCUT2D eigenvalue weighted by molar-refractivity contribution is -0.133. The number of nitrogens with one attached hydrogen (secondary N) is 1. The fourth-order valence-electron chi connectivity index (χ4n) is 2.93. The van der Waals surface area contributed by atoms with Crippen molar-refractivity contribution in [1.29, 1.82) is 0 Å². The largest absolute Gasteiger partial charge is 0.484 e. The van der Waals surface area contributed by atoms with Crippen LogP contribution >= 0.6 is 23.2 Å². The minimum Gasteiger partial charge on any atom is -0.484 e. The molecule has 0 aliphatic carbocycles. The van der Waals surface area contributed by atoms with E-state index in [1.165, 1.54) is 0 Å². The van der Waals surface area contributed by atoms with Gasteiger partial charge in [-0.15, -0.1) is 0 Å². The van der Waals surface area contributed by atoms with E-state index in [1.807, 2.05) is 24.3 Å². The summed E-state index contributed by atoms with van der Waals surface area (Å²) in [6, 6.07) is 14.5. The SMILES string of the molecule is O=C(COc1cccc(Cl)c1)NCC(=O)N1CCN(c2cccc(Cl)c2)CC1. The lowest BCUT2D eigenvalue weighted by Gasteiger charge is -2.36. The fourth-order valence-corrected chi connectivity index (χ4v) is 3.29. The lowest BCUT2D eigenvalue weighted by Crippen LogP contribution is -2.51. The summed E-state index contributed by atoms with van der Waals surface area (Å²) in [4.78, 5) is 28.2. The first-order chi connectivity index (χ1) is 13.5. The maximum Gasteiger partial charge on any atom is 0.258 e. The van der Waals surface area contributed by atoms with E-state index < -0.39 is 0 Å². The van der Waals surface area contributed by atoms with Crippen molar-refractivity contribution >= 4 is 40.7 Å². The van der Waals surface area contributed by atoms with Crippen LogP contribution in [0.15, 0.2) is 48.5 Å². The fraction of sp³-hybridized carbons (Fsp3) is 0.300. The highest BCUT2D eigenvalue weighted by Gasteiger charge is 2.21. The number of rotatable bonds is 6. The van der Waals surface area contributed by atoms with E-state index >= 15 is 0 Å². The molecule has 0 bridgehead atoms. The van der Waals surface area contributed by atoms with Crippen molar-refractivity contribution in [2.24, 2.45) is 0 Å². The summed E-state index contributed by atoms with van der Waals surface area (Å²) in [5, 5.41) is 3.82. The molecule has 2 amide bonds. The second kappa shape index (κ2) is 9.66. The molecule has 148 valence electrons. The van der Waals surface area contributed by atoms with Gasteiger partial charge in [0.05, 0.1) is 6.54 Å². The molecule has 8 heteroatoms. The number of nitrogens with zero attached hydrogens (tertiary/aromatic N) is 2. The van der Waals surface area contributed by atoms with Gasteiger partial charge in [0.15, 0.2) is 6.61 Å². The second-order valence-electron chi connectivity index (χ2n) is 6.37. The standard InChI is InChI=1S/C20H21Cl2N3O3/c21-15-3-1-5-17(11-15)24-7-9-25(10-8-24)20(27)13-23-19(26)14-28-18-6-2-4-16(22)12-18/h1-6,11-12H,7-10,13-14H2,(H,23,26). The van der Waals surface area contributed by atoms with Crippen LogP contribution in [0.3, 0.4) is 0 Å². The summed E-state index contributed by atoms with van der Waals surface area (Å²) < 4.78 is 5.36. The molecule has 0 spiro atoms. The van der Waals surface area contributed by atoms with E-state index in [4.69, 9.17) is 27.9 Å². The summed E-state index contributed by atoms with van der Waals surface area (Å²) >= 11 is 11.9. The van der Waals surface area contributed by atoms with Gasteiger partial charge >= 0.3 is 0 Å². The third-order valence-electron chi connectivity index (χ3n) is 4.41. The maximum absolute atomic E-state index is 12.3. The molecule has 28 heavy (non-hydrogen) atoms. The van der Waals surface area contributed by atoms with Crippen LogP contribution in [0.1, 0.15) is 0 Å². The van der Waals surface area contributed by atoms with Crippen LogP contribution in [0.2, 0.25) is 10.0 Å². The molecule has 0 unspecified atom stereocenters. The molecule has 2 aromatic rings. The number of anilines is 1. The Labute approximate surface area is 174 Å². The van der Waals surface area contributed by atoms with Crippen molar-refractivity contribution in [3.8, 4) is 5.75 Å². The first-order valence-corrected chi connectivity index (χ1v) is 9.70. The van der Waals surface area contributed by atoms with Crippen LogP contribution in [0.5, 0.6) is 5.75 Å².